The van der Waals surface area contributed by atoms with Gasteiger partial charge in [0.15, 0.2) is 5.78 Å². The Morgan fingerprint density at radius 1 is 0.917 bits per heavy atom. The summed E-state index contributed by atoms with van der Waals surface area (Å²) in [5.41, 5.74) is 0.229. The number of halogens is 1. The highest BCUT2D eigenvalue weighted by Gasteiger charge is 2.09. The van der Waals surface area contributed by atoms with E-state index in [0.29, 0.717) is 24.7 Å². The number of hydrogen-bond acceptors (Lipinski definition) is 4. The van der Waals surface area contributed by atoms with Crippen molar-refractivity contribution in [2.24, 2.45) is 0 Å². The maximum Gasteiger partial charge on any atom is 0.163 e. The first-order chi connectivity index (χ1) is 11.6. The third kappa shape index (κ3) is 5.26. The number of ether oxygens (including phenoxy) is 3. The van der Waals surface area contributed by atoms with Gasteiger partial charge in [-0.2, -0.15) is 0 Å². The van der Waals surface area contributed by atoms with Gasteiger partial charge in [-0.1, -0.05) is 6.92 Å². The van der Waals surface area contributed by atoms with Crippen molar-refractivity contribution in [3.63, 3.8) is 0 Å². The van der Waals surface area contributed by atoms with Gasteiger partial charge in [-0.05, 0) is 55.8 Å². The zero-order valence-electron chi connectivity index (χ0n) is 13.9. The van der Waals surface area contributed by atoms with Gasteiger partial charge in [0.1, 0.15) is 36.3 Å². The Bertz CT molecular complexity index is 668. The molecule has 0 heterocycles. The quantitative estimate of drug-likeness (QED) is 0.508. The van der Waals surface area contributed by atoms with Crippen LogP contribution in [0.5, 0.6) is 17.2 Å². The number of benzene rings is 2. The van der Waals surface area contributed by atoms with E-state index < -0.39 is 5.82 Å². The van der Waals surface area contributed by atoms with Gasteiger partial charge >= 0.3 is 0 Å². The summed E-state index contributed by atoms with van der Waals surface area (Å²) in [4.78, 5) is 11.5. The lowest BCUT2D eigenvalue weighted by molar-refractivity contribution is 0.101. The fourth-order valence-electron chi connectivity index (χ4n) is 2.07. The molecule has 0 unspecified atom stereocenters. The molecule has 2 rings (SSSR count). The van der Waals surface area contributed by atoms with Crippen molar-refractivity contribution >= 4 is 5.78 Å². The molecule has 0 amide bonds. The minimum absolute atomic E-state index is 0.229. The van der Waals surface area contributed by atoms with Crippen molar-refractivity contribution in [3.8, 4) is 17.2 Å². The van der Waals surface area contributed by atoms with Crippen LogP contribution in [0.15, 0.2) is 42.5 Å². The fourth-order valence-corrected chi connectivity index (χ4v) is 2.07. The maximum atomic E-state index is 13.2. The second-order valence-electron chi connectivity index (χ2n) is 5.21. The first-order valence-electron chi connectivity index (χ1n) is 7.89. The van der Waals surface area contributed by atoms with Crippen molar-refractivity contribution in [3.05, 3.63) is 53.8 Å². The van der Waals surface area contributed by atoms with E-state index in [1.807, 2.05) is 24.3 Å². The second kappa shape index (κ2) is 8.91. The highest BCUT2D eigenvalue weighted by molar-refractivity contribution is 5.96. The predicted molar refractivity (Wildman–Crippen MR) is 89.6 cm³/mol. The minimum atomic E-state index is -0.464. The summed E-state index contributed by atoms with van der Waals surface area (Å²) in [5.74, 6) is 1.16. The summed E-state index contributed by atoms with van der Waals surface area (Å²) in [6.07, 6.45) is 0.960. The van der Waals surface area contributed by atoms with E-state index in [4.69, 9.17) is 14.2 Å². The SMILES string of the molecule is CCCOc1ccc(OCCOc2ccc(F)cc2C(C)=O)cc1. The third-order valence-corrected chi connectivity index (χ3v) is 3.23. The van der Waals surface area contributed by atoms with Crippen molar-refractivity contribution < 1.29 is 23.4 Å². The zero-order chi connectivity index (χ0) is 17.4. The average Bonchev–Trinajstić information content (AvgIpc) is 2.58. The molecule has 0 aliphatic carbocycles. The van der Waals surface area contributed by atoms with Crippen LogP contribution in [0.4, 0.5) is 4.39 Å². The Morgan fingerprint density at radius 2 is 1.50 bits per heavy atom. The molecule has 2 aromatic carbocycles. The summed E-state index contributed by atoms with van der Waals surface area (Å²) in [6.45, 7) is 4.67. The van der Waals surface area contributed by atoms with Crippen LogP contribution < -0.4 is 14.2 Å². The van der Waals surface area contributed by atoms with Gasteiger partial charge < -0.3 is 14.2 Å². The normalized spacial score (nSPS) is 10.3. The van der Waals surface area contributed by atoms with Crippen LogP contribution in [0, 0.1) is 5.82 Å². The Morgan fingerprint density at radius 3 is 2.08 bits per heavy atom. The lowest BCUT2D eigenvalue weighted by atomic mass is 10.1. The van der Waals surface area contributed by atoms with E-state index in [1.54, 1.807) is 0 Å². The van der Waals surface area contributed by atoms with Gasteiger partial charge in [0.2, 0.25) is 0 Å². The van der Waals surface area contributed by atoms with Crippen LogP contribution in [0.25, 0.3) is 0 Å². The molecule has 0 spiro atoms. The molecule has 0 bridgehead atoms. The summed E-state index contributed by atoms with van der Waals surface area (Å²) < 4.78 is 29.8. The molecule has 0 saturated carbocycles. The Balaban J connectivity index is 1.82. The molecular formula is C19H21FO4. The Labute approximate surface area is 141 Å². The maximum absolute atomic E-state index is 13.2. The fraction of sp³-hybridized carbons (Fsp3) is 0.316. The van der Waals surface area contributed by atoms with Gasteiger partial charge in [0.25, 0.3) is 0 Å². The standard InChI is InChI=1S/C19H21FO4/c1-3-10-22-16-5-7-17(8-6-16)23-11-12-24-19-9-4-15(20)13-18(19)14(2)21/h4-9,13H,3,10-12H2,1-2H3. The van der Waals surface area contributed by atoms with Crippen molar-refractivity contribution in [1.82, 2.24) is 0 Å². The Hall–Kier alpha value is -2.56. The van der Waals surface area contributed by atoms with Gasteiger partial charge in [0, 0.05) is 0 Å². The van der Waals surface area contributed by atoms with Crippen LogP contribution in [0.1, 0.15) is 30.6 Å². The van der Waals surface area contributed by atoms with E-state index in [-0.39, 0.29) is 18.0 Å². The van der Waals surface area contributed by atoms with E-state index >= 15 is 0 Å². The van der Waals surface area contributed by atoms with Gasteiger partial charge in [0.05, 0.1) is 12.2 Å². The first-order valence-corrected chi connectivity index (χ1v) is 7.89. The summed E-state index contributed by atoms with van der Waals surface area (Å²) in [7, 11) is 0. The molecule has 0 N–H and O–H groups in total. The van der Waals surface area contributed by atoms with Crippen LogP contribution >= 0.6 is 0 Å². The first kappa shape index (κ1) is 17.8. The zero-order valence-corrected chi connectivity index (χ0v) is 13.9. The molecule has 0 aliphatic heterocycles. The van der Waals surface area contributed by atoms with Crippen LogP contribution in [0.3, 0.4) is 0 Å². The molecule has 0 atom stereocenters. The molecule has 0 aromatic heterocycles. The van der Waals surface area contributed by atoms with Crippen LogP contribution in [-0.2, 0) is 0 Å². The van der Waals surface area contributed by atoms with E-state index in [1.165, 1.54) is 25.1 Å². The summed E-state index contributed by atoms with van der Waals surface area (Å²) in [6, 6.07) is 11.2. The highest BCUT2D eigenvalue weighted by atomic mass is 19.1. The lowest BCUT2D eigenvalue weighted by Gasteiger charge is -2.11. The van der Waals surface area contributed by atoms with E-state index in [0.717, 1.165) is 12.2 Å². The number of Topliss-reactive ketones (excluding diaryl/α,β-unsaturated/α-hetero) is 1. The average molecular weight is 332 g/mol. The summed E-state index contributed by atoms with van der Waals surface area (Å²) in [5, 5.41) is 0. The lowest BCUT2D eigenvalue weighted by Crippen LogP contribution is -2.11. The molecule has 0 aliphatic rings. The largest absolute Gasteiger partial charge is 0.494 e. The molecule has 0 saturated heterocycles. The smallest absolute Gasteiger partial charge is 0.163 e. The minimum Gasteiger partial charge on any atom is -0.494 e. The van der Waals surface area contributed by atoms with Crippen molar-refractivity contribution in [1.29, 1.82) is 0 Å². The molecule has 0 radical (unpaired) electrons. The van der Waals surface area contributed by atoms with Gasteiger partial charge in [-0.25, -0.2) is 4.39 Å². The second-order valence-corrected chi connectivity index (χ2v) is 5.21. The van der Waals surface area contributed by atoms with Gasteiger partial charge in [-0.3, -0.25) is 4.79 Å². The third-order valence-electron chi connectivity index (χ3n) is 3.23. The van der Waals surface area contributed by atoms with Crippen molar-refractivity contribution in [2.75, 3.05) is 19.8 Å². The molecule has 5 heteroatoms. The van der Waals surface area contributed by atoms with E-state index in [9.17, 15) is 9.18 Å². The molecule has 24 heavy (non-hydrogen) atoms. The summed E-state index contributed by atoms with van der Waals surface area (Å²) >= 11 is 0. The predicted octanol–water partition coefficient (Wildman–Crippen LogP) is 4.27. The Kier molecular flexibility index (Phi) is 6.61. The monoisotopic (exact) mass is 332 g/mol. The van der Waals surface area contributed by atoms with Crippen LogP contribution in [0.2, 0.25) is 0 Å². The molecular weight excluding hydrogens is 311 g/mol. The number of carbonyl (C=O) groups is 1. The highest BCUT2D eigenvalue weighted by Crippen LogP contribution is 2.21. The number of hydrogen-bond donors (Lipinski definition) is 0. The number of ketones is 1. The molecule has 0 fully saturated rings. The number of rotatable bonds is 9. The number of carbonyl (C=O) groups excluding carboxylic acids is 1. The molecule has 2 aromatic rings. The van der Waals surface area contributed by atoms with Crippen molar-refractivity contribution in [2.45, 2.75) is 20.3 Å². The molecule has 128 valence electrons. The van der Waals surface area contributed by atoms with Gasteiger partial charge in [-0.15, -0.1) is 0 Å². The van der Waals surface area contributed by atoms with Crippen LogP contribution in [-0.4, -0.2) is 25.6 Å². The van der Waals surface area contributed by atoms with E-state index in [2.05, 4.69) is 6.92 Å². The topological polar surface area (TPSA) is 44.8 Å². The molecule has 4 nitrogen and oxygen atoms in total.